The standard InChI is InChI=1S/C10H10N2O2.C3H8.H2/c13-9-4-3-8(10(14)12-9)7-2-1-5-11-6-7;1-3-2;/h1-2,5-6,8H,3-4H2,(H,12,13,14);3H2,1-2H3;1H. The van der Waals surface area contributed by atoms with E-state index in [4.69, 9.17) is 0 Å². The zero-order chi connectivity index (χ0) is 12.7. The van der Waals surface area contributed by atoms with E-state index in [1.807, 2.05) is 6.07 Å². The van der Waals surface area contributed by atoms with Crippen molar-refractivity contribution in [1.29, 1.82) is 0 Å². The van der Waals surface area contributed by atoms with E-state index in [-0.39, 0.29) is 19.2 Å². The van der Waals surface area contributed by atoms with Gasteiger partial charge in [0.1, 0.15) is 0 Å². The number of piperidine rings is 1. The minimum Gasteiger partial charge on any atom is -0.296 e. The third kappa shape index (κ3) is 3.98. The van der Waals surface area contributed by atoms with E-state index in [0.29, 0.717) is 12.8 Å². The van der Waals surface area contributed by atoms with Crippen LogP contribution in [0.5, 0.6) is 0 Å². The van der Waals surface area contributed by atoms with E-state index in [0.717, 1.165) is 5.56 Å². The maximum absolute atomic E-state index is 11.4. The second kappa shape index (κ2) is 6.78. The molecule has 1 fully saturated rings. The highest BCUT2D eigenvalue weighted by Crippen LogP contribution is 2.23. The average Bonchev–Trinajstić information content (AvgIpc) is 2.31. The molecule has 4 heteroatoms. The molecule has 1 aliphatic heterocycles. The lowest BCUT2D eigenvalue weighted by Gasteiger charge is -2.20. The number of amides is 2. The van der Waals surface area contributed by atoms with Crippen LogP contribution in [0, 0.1) is 0 Å². The fourth-order valence-electron chi connectivity index (χ4n) is 1.59. The van der Waals surface area contributed by atoms with Crippen LogP contribution in [0.2, 0.25) is 0 Å². The van der Waals surface area contributed by atoms with Crippen molar-refractivity contribution < 1.29 is 11.0 Å². The molecule has 4 nitrogen and oxygen atoms in total. The highest BCUT2D eigenvalue weighted by molar-refractivity contribution is 6.00. The van der Waals surface area contributed by atoms with Gasteiger partial charge in [-0.25, -0.2) is 0 Å². The first kappa shape index (κ1) is 13.4. The van der Waals surface area contributed by atoms with Crippen molar-refractivity contribution >= 4 is 11.8 Å². The number of carbonyl (C=O) groups is 2. The minimum absolute atomic E-state index is 0. The third-order valence-corrected chi connectivity index (χ3v) is 2.33. The molecule has 1 saturated heterocycles. The van der Waals surface area contributed by atoms with E-state index in [9.17, 15) is 9.59 Å². The van der Waals surface area contributed by atoms with Gasteiger partial charge in [0.05, 0.1) is 5.92 Å². The van der Waals surface area contributed by atoms with Gasteiger partial charge in [-0.05, 0) is 18.1 Å². The Morgan fingerprint density at radius 3 is 2.71 bits per heavy atom. The molecule has 0 aliphatic carbocycles. The van der Waals surface area contributed by atoms with Crippen molar-refractivity contribution in [2.75, 3.05) is 0 Å². The lowest BCUT2D eigenvalue weighted by molar-refractivity contribution is -0.134. The van der Waals surface area contributed by atoms with Gasteiger partial charge < -0.3 is 0 Å². The van der Waals surface area contributed by atoms with E-state index >= 15 is 0 Å². The zero-order valence-electron chi connectivity index (χ0n) is 10.3. The van der Waals surface area contributed by atoms with Crippen LogP contribution < -0.4 is 5.32 Å². The molecule has 94 valence electrons. The molecule has 1 aliphatic rings. The molecule has 1 unspecified atom stereocenters. The average molecular weight is 236 g/mol. The van der Waals surface area contributed by atoms with Crippen LogP contribution in [0.3, 0.4) is 0 Å². The summed E-state index contributed by atoms with van der Waals surface area (Å²) >= 11 is 0. The summed E-state index contributed by atoms with van der Waals surface area (Å²) in [7, 11) is 0. The number of rotatable bonds is 1. The quantitative estimate of drug-likeness (QED) is 0.761. The number of nitrogens with one attached hydrogen (secondary N) is 1. The molecule has 2 heterocycles. The summed E-state index contributed by atoms with van der Waals surface area (Å²) in [4.78, 5) is 26.3. The normalized spacial score (nSPS) is 19.1. The van der Waals surface area contributed by atoms with E-state index in [2.05, 4.69) is 24.1 Å². The number of aromatic nitrogens is 1. The fraction of sp³-hybridized carbons (Fsp3) is 0.462. The van der Waals surface area contributed by atoms with Crippen LogP contribution in [-0.4, -0.2) is 16.8 Å². The molecular formula is C13H20N2O2. The Labute approximate surface area is 103 Å². The molecule has 1 N–H and O–H groups in total. The molecular weight excluding hydrogens is 216 g/mol. The Morgan fingerprint density at radius 1 is 1.47 bits per heavy atom. The number of nitrogens with zero attached hydrogens (tertiary/aromatic N) is 1. The van der Waals surface area contributed by atoms with Crippen molar-refractivity contribution in [3.05, 3.63) is 30.1 Å². The van der Waals surface area contributed by atoms with Gasteiger partial charge >= 0.3 is 0 Å². The zero-order valence-corrected chi connectivity index (χ0v) is 10.3. The molecule has 0 aromatic carbocycles. The maximum Gasteiger partial charge on any atom is 0.234 e. The van der Waals surface area contributed by atoms with Gasteiger partial charge in [0, 0.05) is 20.2 Å². The fourth-order valence-corrected chi connectivity index (χ4v) is 1.59. The second-order valence-electron chi connectivity index (χ2n) is 4.00. The summed E-state index contributed by atoms with van der Waals surface area (Å²) in [6.07, 6.45) is 5.57. The maximum atomic E-state index is 11.4. The van der Waals surface area contributed by atoms with Gasteiger partial charge in [0.25, 0.3) is 0 Å². The van der Waals surface area contributed by atoms with Crippen molar-refractivity contribution in [2.45, 2.75) is 39.0 Å². The van der Waals surface area contributed by atoms with Gasteiger partial charge in [0.2, 0.25) is 11.8 Å². The molecule has 1 atom stereocenters. The Morgan fingerprint density at radius 2 is 2.18 bits per heavy atom. The lowest BCUT2D eigenvalue weighted by atomic mass is 9.92. The van der Waals surface area contributed by atoms with Crippen molar-refractivity contribution in [1.82, 2.24) is 10.3 Å². The summed E-state index contributed by atoms with van der Waals surface area (Å²) in [5, 5.41) is 2.32. The first-order chi connectivity index (χ1) is 8.19. The van der Waals surface area contributed by atoms with Gasteiger partial charge in [-0.1, -0.05) is 26.3 Å². The second-order valence-corrected chi connectivity index (χ2v) is 4.00. The number of imide groups is 1. The first-order valence-electron chi connectivity index (χ1n) is 5.92. The smallest absolute Gasteiger partial charge is 0.234 e. The van der Waals surface area contributed by atoms with Gasteiger partial charge in [-0.3, -0.25) is 19.9 Å². The van der Waals surface area contributed by atoms with Crippen molar-refractivity contribution in [3.63, 3.8) is 0 Å². The summed E-state index contributed by atoms with van der Waals surface area (Å²) < 4.78 is 0. The highest BCUT2D eigenvalue weighted by Gasteiger charge is 2.27. The van der Waals surface area contributed by atoms with Crippen LogP contribution in [0.15, 0.2) is 24.5 Å². The van der Waals surface area contributed by atoms with Crippen LogP contribution >= 0.6 is 0 Å². The highest BCUT2D eigenvalue weighted by atomic mass is 16.2. The minimum atomic E-state index is -0.221. The van der Waals surface area contributed by atoms with Crippen molar-refractivity contribution in [3.8, 4) is 0 Å². The molecule has 2 amide bonds. The Hall–Kier alpha value is -1.71. The topological polar surface area (TPSA) is 59.1 Å². The SMILES string of the molecule is CCC.O=C1CCC(c2cccnc2)C(=O)N1.[HH]. The van der Waals surface area contributed by atoms with Crippen molar-refractivity contribution in [2.24, 2.45) is 0 Å². The summed E-state index contributed by atoms with van der Waals surface area (Å²) in [6.45, 7) is 4.25. The number of carbonyl (C=O) groups excluding carboxylic acids is 2. The number of pyridine rings is 1. The number of hydrogen-bond donors (Lipinski definition) is 1. The molecule has 0 spiro atoms. The molecule has 0 bridgehead atoms. The van der Waals surface area contributed by atoms with Gasteiger partial charge in [0.15, 0.2) is 0 Å². The predicted octanol–water partition coefficient (Wildman–Crippen LogP) is 2.26. The van der Waals surface area contributed by atoms with E-state index in [1.165, 1.54) is 6.42 Å². The number of hydrogen-bond acceptors (Lipinski definition) is 3. The van der Waals surface area contributed by atoms with Crippen LogP contribution in [0.25, 0.3) is 0 Å². The largest absolute Gasteiger partial charge is 0.296 e. The molecule has 2 rings (SSSR count). The Balaban J connectivity index is 0.000000660. The predicted molar refractivity (Wildman–Crippen MR) is 67.4 cm³/mol. The summed E-state index contributed by atoms with van der Waals surface area (Å²) in [6, 6.07) is 3.64. The molecule has 0 saturated carbocycles. The Bertz CT molecular complexity index is 382. The van der Waals surface area contributed by atoms with E-state index < -0.39 is 0 Å². The molecule has 0 radical (unpaired) electrons. The van der Waals surface area contributed by atoms with E-state index in [1.54, 1.807) is 18.5 Å². The molecule has 17 heavy (non-hydrogen) atoms. The summed E-state index contributed by atoms with van der Waals surface area (Å²) in [5.74, 6) is -0.620. The van der Waals surface area contributed by atoms with Gasteiger partial charge in [-0.15, -0.1) is 0 Å². The van der Waals surface area contributed by atoms with Crippen LogP contribution in [-0.2, 0) is 9.59 Å². The van der Waals surface area contributed by atoms with Crippen LogP contribution in [0.1, 0.15) is 46.0 Å². The molecule has 1 aromatic heterocycles. The Kier molecular flexibility index (Phi) is 5.33. The van der Waals surface area contributed by atoms with Crippen LogP contribution in [0.4, 0.5) is 0 Å². The first-order valence-corrected chi connectivity index (χ1v) is 5.92. The molecule has 1 aromatic rings. The summed E-state index contributed by atoms with van der Waals surface area (Å²) in [5.41, 5.74) is 0.873. The van der Waals surface area contributed by atoms with Gasteiger partial charge in [-0.2, -0.15) is 0 Å². The third-order valence-electron chi connectivity index (χ3n) is 2.33. The lowest BCUT2D eigenvalue weighted by Crippen LogP contribution is -2.39. The monoisotopic (exact) mass is 236 g/mol.